The zero-order chi connectivity index (χ0) is 16.2. The standard InChI is InChI=1S/C18H18N4O/c1-14(22-13-19-12-20-22)18(23)21(2)17-11-7-6-10-16(17)15-8-4-3-5-9-15/h3-14H,1-2H3. The highest BCUT2D eigenvalue weighted by Crippen LogP contribution is 2.30. The van der Waals surface area contributed by atoms with Crippen LogP contribution in [0, 0.1) is 0 Å². The van der Waals surface area contributed by atoms with Gasteiger partial charge in [-0.05, 0) is 18.6 Å². The smallest absolute Gasteiger partial charge is 0.251 e. The molecule has 1 unspecified atom stereocenters. The molecule has 0 aliphatic carbocycles. The number of aromatic nitrogens is 3. The molecule has 3 aromatic rings. The molecule has 5 heteroatoms. The maximum atomic E-state index is 12.8. The van der Waals surface area contributed by atoms with Gasteiger partial charge < -0.3 is 4.90 Å². The molecule has 1 atom stereocenters. The third-order valence-electron chi connectivity index (χ3n) is 3.87. The Bertz CT molecular complexity index is 784. The van der Waals surface area contributed by atoms with Crippen molar-refractivity contribution in [2.75, 3.05) is 11.9 Å². The Morgan fingerprint density at radius 3 is 2.48 bits per heavy atom. The second-order valence-corrected chi connectivity index (χ2v) is 5.33. The van der Waals surface area contributed by atoms with Crippen molar-refractivity contribution in [3.05, 3.63) is 67.3 Å². The molecular formula is C18H18N4O. The van der Waals surface area contributed by atoms with Crippen LogP contribution < -0.4 is 4.90 Å². The van der Waals surface area contributed by atoms with E-state index in [2.05, 4.69) is 10.1 Å². The number of anilines is 1. The van der Waals surface area contributed by atoms with Crippen molar-refractivity contribution >= 4 is 11.6 Å². The second-order valence-electron chi connectivity index (χ2n) is 5.33. The minimum atomic E-state index is -0.411. The van der Waals surface area contributed by atoms with Crippen molar-refractivity contribution in [2.45, 2.75) is 13.0 Å². The summed E-state index contributed by atoms with van der Waals surface area (Å²) in [7, 11) is 1.79. The van der Waals surface area contributed by atoms with E-state index < -0.39 is 6.04 Å². The summed E-state index contributed by atoms with van der Waals surface area (Å²) in [4.78, 5) is 18.3. The molecule has 5 nitrogen and oxygen atoms in total. The summed E-state index contributed by atoms with van der Waals surface area (Å²) in [5, 5.41) is 4.05. The maximum Gasteiger partial charge on any atom is 0.251 e. The molecule has 0 saturated heterocycles. The SMILES string of the molecule is CC(C(=O)N(C)c1ccccc1-c1ccccc1)n1cncn1. The highest BCUT2D eigenvalue weighted by molar-refractivity contribution is 5.99. The van der Waals surface area contributed by atoms with Gasteiger partial charge in [-0.1, -0.05) is 48.5 Å². The molecule has 3 rings (SSSR count). The molecule has 0 fully saturated rings. The molecule has 2 aromatic carbocycles. The number of hydrogen-bond donors (Lipinski definition) is 0. The van der Waals surface area contributed by atoms with Crippen LogP contribution in [0.2, 0.25) is 0 Å². The quantitative estimate of drug-likeness (QED) is 0.744. The van der Waals surface area contributed by atoms with E-state index in [9.17, 15) is 4.79 Å². The first-order chi connectivity index (χ1) is 11.2. The van der Waals surface area contributed by atoms with E-state index in [0.717, 1.165) is 16.8 Å². The van der Waals surface area contributed by atoms with E-state index in [1.165, 1.54) is 6.33 Å². The molecule has 0 spiro atoms. The lowest BCUT2D eigenvalue weighted by Gasteiger charge is -2.24. The molecule has 0 radical (unpaired) electrons. The fraction of sp³-hybridized carbons (Fsp3) is 0.167. The average Bonchev–Trinajstić information content (AvgIpc) is 3.15. The van der Waals surface area contributed by atoms with E-state index in [4.69, 9.17) is 0 Å². The van der Waals surface area contributed by atoms with E-state index in [-0.39, 0.29) is 5.91 Å². The number of hydrogen-bond acceptors (Lipinski definition) is 3. The molecule has 116 valence electrons. The predicted molar refractivity (Wildman–Crippen MR) is 90.0 cm³/mol. The van der Waals surface area contributed by atoms with Crippen molar-refractivity contribution in [2.24, 2.45) is 0 Å². The fourth-order valence-electron chi connectivity index (χ4n) is 2.56. The molecule has 1 aromatic heterocycles. The largest absolute Gasteiger partial charge is 0.313 e. The first kappa shape index (κ1) is 15.0. The van der Waals surface area contributed by atoms with Gasteiger partial charge in [0.15, 0.2) is 0 Å². The highest BCUT2D eigenvalue weighted by atomic mass is 16.2. The first-order valence-electron chi connectivity index (χ1n) is 7.44. The molecule has 0 bridgehead atoms. The van der Waals surface area contributed by atoms with Gasteiger partial charge in [-0.3, -0.25) is 4.79 Å². The van der Waals surface area contributed by atoms with Crippen molar-refractivity contribution in [1.82, 2.24) is 14.8 Å². The third-order valence-corrected chi connectivity index (χ3v) is 3.87. The lowest BCUT2D eigenvalue weighted by Crippen LogP contribution is -2.33. The van der Waals surface area contributed by atoms with Crippen LogP contribution in [0.5, 0.6) is 0 Å². The number of amides is 1. The third kappa shape index (κ3) is 2.99. The second kappa shape index (κ2) is 6.44. The van der Waals surface area contributed by atoms with E-state index >= 15 is 0 Å². The van der Waals surface area contributed by atoms with Crippen LogP contribution in [-0.2, 0) is 4.79 Å². The number of carbonyl (C=O) groups is 1. The van der Waals surface area contributed by atoms with E-state index in [1.54, 1.807) is 23.0 Å². The Labute approximate surface area is 135 Å². The van der Waals surface area contributed by atoms with Crippen LogP contribution in [0.3, 0.4) is 0 Å². The Kier molecular flexibility index (Phi) is 4.19. The molecule has 1 amide bonds. The molecule has 1 heterocycles. The zero-order valence-electron chi connectivity index (χ0n) is 13.1. The number of rotatable bonds is 4. The molecule has 0 aliphatic heterocycles. The van der Waals surface area contributed by atoms with Crippen LogP contribution in [0.1, 0.15) is 13.0 Å². The number of benzene rings is 2. The molecular weight excluding hydrogens is 288 g/mol. The highest BCUT2D eigenvalue weighted by Gasteiger charge is 2.22. The van der Waals surface area contributed by atoms with Gasteiger partial charge in [0.25, 0.3) is 5.91 Å². The van der Waals surface area contributed by atoms with E-state index in [0.29, 0.717) is 0 Å². The first-order valence-corrected chi connectivity index (χ1v) is 7.44. The Morgan fingerprint density at radius 2 is 1.78 bits per heavy atom. The summed E-state index contributed by atoms with van der Waals surface area (Å²) in [6, 6.07) is 17.5. The van der Waals surface area contributed by atoms with Crippen molar-refractivity contribution in [3.63, 3.8) is 0 Å². The van der Waals surface area contributed by atoms with Crippen molar-refractivity contribution in [1.29, 1.82) is 0 Å². The topological polar surface area (TPSA) is 51.0 Å². The van der Waals surface area contributed by atoms with Crippen molar-refractivity contribution in [3.8, 4) is 11.1 Å². The molecule has 0 saturated carbocycles. The predicted octanol–water partition coefficient (Wildman–Crippen LogP) is 3.17. The van der Waals surface area contributed by atoms with Gasteiger partial charge in [-0.25, -0.2) is 9.67 Å². The number of carbonyl (C=O) groups excluding carboxylic acids is 1. The monoisotopic (exact) mass is 306 g/mol. The lowest BCUT2D eigenvalue weighted by atomic mass is 10.0. The van der Waals surface area contributed by atoms with Crippen LogP contribution in [0.25, 0.3) is 11.1 Å². The number of para-hydroxylation sites is 1. The maximum absolute atomic E-state index is 12.8. The fourth-order valence-corrected chi connectivity index (χ4v) is 2.56. The van der Waals surface area contributed by atoms with Gasteiger partial charge in [-0.15, -0.1) is 0 Å². The van der Waals surface area contributed by atoms with Gasteiger partial charge in [0.1, 0.15) is 18.7 Å². The van der Waals surface area contributed by atoms with Gasteiger partial charge in [0.05, 0.1) is 5.69 Å². The number of nitrogens with zero attached hydrogens (tertiary/aromatic N) is 4. The van der Waals surface area contributed by atoms with Gasteiger partial charge in [-0.2, -0.15) is 5.10 Å². The average molecular weight is 306 g/mol. The molecule has 0 N–H and O–H groups in total. The van der Waals surface area contributed by atoms with Crippen LogP contribution in [0.15, 0.2) is 67.3 Å². The zero-order valence-corrected chi connectivity index (χ0v) is 13.1. The Morgan fingerprint density at radius 1 is 1.09 bits per heavy atom. The summed E-state index contributed by atoms with van der Waals surface area (Å²) in [6.45, 7) is 1.82. The summed E-state index contributed by atoms with van der Waals surface area (Å²) in [5.74, 6) is -0.0427. The van der Waals surface area contributed by atoms with Crippen LogP contribution in [-0.4, -0.2) is 27.7 Å². The molecule has 23 heavy (non-hydrogen) atoms. The summed E-state index contributed by atoms with van der Waals surface area (Å²) in [5.41, 5.74) is 2.97. The van der Waals surface area contributed by atoms with Gasteiger partial charge >= 0.3 is 0 Å². The minimum Gasteiger partial charge on any atom is -0.313 e. The van der Waals surface area contributed by atoms with Gasteiger partial charge in [0, 0.05) is 12.6 Å². The van der Waals surface area contributed by atoms with Crippen LogP contribution >= 0.6 is 0 Å². The minimum absolute atomic E-state index is 0.0427. The number of likely N-dealkylation sites (N-methyl/N-ethyl adjacent to an activating group) is 1. The van der Waals surface area contributed by atoms with Gasteiger partial charge in [0.2, 0.25) is 0 Å². The van der Waals surface area contributed by atoms with E-state index in [1.807, 2.05) is 61.5 Å². The normalized spacial score (nSPS) is 11.9. The molecule has 0 aliphatic rings. The summed E-state index contributed by atoms with van der Waals surface area (Å²) in [6.07, 6.45) is 2.99. The Hall–Kier alpha value is -2.95. The van der Waals surface area contributed by atoms with Crippen molar-refractivity contribution < 1.29 is 4.79 Å². The lowest BCUT2D eigenvalue weighted by molar-refractivity contribution is -0.121. The summed E-state index contributed by atoms with van der Waals surface area (Å²) < 4.78 is 1.56. The van der Waals surface area contributed by atoms with Crippen LogP contribution in [0.4, 0.5) is 5.69 Å². The Balaban J connectivity index is 1.94. The summed E-state index contributed by atoms with van der Waals surface area (Å²) >= 11 is 0.